The van der Waals surface area contributed by atoms with Gasteiger partial charge in [0.05, 0.1) is 19.3 Å². The minimum atomic E-state index is 0.0156. The standard InChI is InChI=1S/C15H22BrN3O2/c1-11-7-12(3-4-14(11)16)18-15(20)10-19-5-6-21-13(9-19)8-17-2/h3-4,7,13,17H,5-6,8-10H2,1-2H3,(H,18,20). The van der Waals surface area contributed by atoms with Crippen LogP contribution >= 0.6 is 15.9 Å². The average molecular weight is 356 g/mol. The molecule has 1 amide bonds. The maximum atomic E-state index is 12.1. The molecule has 21 heavy (non-hydrogen) atoms. The van der Waals surface area contributed by atoms with Crippen molar-refractivity contribution in [3.05, 3.63) is 28.2 Å². The van der Waals surface area contributed by atoms with Crippen LogP contribution in [0.15, 0.2) is 22.7 Å². The molecule has 0 aromatic heterocycles. The number of likely N-dealkylation sites (N-methyl/N-ethyl adjacent to an activating group) is 1. The first-order valence-electron chi connectivity index (χ1n) is 7.13. The first-order valence-corrected chi connectivity index (χ1v) is 7.92. The molecular weight excluding hydrogens is 334 g/mol. The van der Waals surface area contributed by atoms with Crippen LogP contribution in [0.3, 0.4) is 0 Å². The lowest BCUT2D eigenvalue weighted by molar-refractivity contribution is -0.119. The van der Waals surface area contributed by atoms with Crippen molar-refractivity contribution < 1.29 is 9.53 Å². The van der Waals surface area contributed by atoms with Crippen molar-refractivity contribution in [2.24, 2.45) is 0 Å². The summed E-state index contributed by atoms with van der Waals surface area (Å²) in [6, 6.07) is 5.81. The number of rotatable bonds is 5. The molecule has 0 aliphatic carbocycles. The molecular formula is C15H22BrN3O2. The van der Waals surface area contributed by atoms with Crippen molar-refractivity contribution in [3.63, 3.8) is 0 Å². The molecule has 5 nitrogen and oxygen atoms in total. The fraction of sp³-hybridized carbons (Fsp3) is 0.533. The predicted molar refractivity (Wildman–Crippen MR) is 87.6 cm³/mol. The van der Waals surface area contributed by atoms with E-state index in [1.54, 1.807) is 0 Å². The number of hydrogen-bond acceptors (Lipinski definition) is 4. The lowest BCUT2D eigenvalue weighted by Gasteiger charge is -2.32. The first-order chi connectivity index (χ1) is 10.1. The highest BCUT2D eigenvalue weighted by Gasteiger charge is 2.21. The highest BCUT2D eigenvalue weighted by molar-refractivity contribution is 9.10. The van der Waals surface area contributed by atoms with Crippen molar-refractivity contribution in [2.75, 3.05) is 45.2 Å². The van der Waals surface area contributed by atoms with Gasteiger partial charge in [0, 0.05) is 29.8 Å². The molecule has 1 saturated heterocycles. The van der Waals surface area contributed by atoms with E-state index in [1.165, 1.54) is 0 Å². The van der Waals surface area contributed by atoms with E-state index in [-0.39, 0.29) is 12.0 Å². The molecule has 0 bridgehead atoms. The van der Waals surface area contributed by atoms with Gasteiger partial charge in [-0.05, 0) is 37.7 Å². The molecule has 116 valence electrons. The Bertz CT molecular complexity index is 494. The number of halogens is 1. The maximum absolute atomic E-state index is 12.1. The van der Waals surface area contributed by atoms with E-state index in [9.17, 15) is 4.79 Å². The summed E-state index contributed by atoms with van der Waals surface area (Å²) >= 11 is 3.46. The SMILES string of the molecule is CNCC1CN(CC(=O)Nc2ccc(Br)c(C)c2)CCO1. The zero-order valence-electron chi connectivity index (χ0n) is 12.5. The van der Waals surface area contributed by atoms with Gasteiger partial charge in [0.25, 0.3) is 0 Å². The minimum Gasteiger partial charge on any atom is -0.374 e. The summed E-state index contributed by atoms with van der Waals surface area (Å²) in [6.07, 6.45) is 0.159. The molecule has 1 aromatic rings. The zero-order valence-corrected chi connectivity index (χ0v) is 14.1. The lowest BCUT2D eigenvalue weighted by Crippen LogP contribution is -2.48. The Morgan fingerprint density at radius 2 is 2.33 bits per heavy atom. The van der Waals surface area contributed by atoms with Crippen LogP contribution in [0.5, 0.6) is 0 Å². The van der Waals surface area contributed by atoms with Gasteiger partial charge in [0.1, 0.15) is 0 Å². The third-order valence-corrected chi connectivity index (χ3v) is 4.35. The van der Waals surface area contributed by atoms with E-state index >= 15 is 0 Å². The van der Waals surface area contributed by atoms with Gasteiger partial charge in [-0.1, -0.05) is 15.9 Å². The van der Waals surface area contributed by atoms with Crippen molar-refractivity contribution in [2.45, 2.75) is 13.0 Å². The summed E-state index contributed by atoms with van der Waals surface area (Å²) < 4.78 is 6.68. The zero-order chi connectivity index (χ0) is 15.2. The quantitative estimate of drug-likeness (QED) is 0.842. The number of amides is 1. The molecule has 1 unspecified atom stereocenters. The van der Waals surface area contributed by atoms with Gasteiger partial charge < -0.3 is 15.4 Å². The van der Waals surface area contributed by atoms with Gasteiger partial charge >= 0.3 is 0 Å². The molecule has 0 radical (unpaired) electrons. The molecule has 1 heterocycles. The van der Waals surface area contributed by atoms with Gasteiger partial charge in [-0.25, -0.2) is 0 Å². The molecule has 0 spiro atoms. The van der Waals surface area contributed by atoms with Crippen LogP contribution in [-0.2, 0) is 9.53 Å². The van der Waals surface area contributed by atoms with E-state index in [4.69, 9.17) is 4.74 Å². The van der Waals surface area contributed by atoms with E-state index in [0.29, 0.717) is 13.2 Å². The molecule has 6 heteroatoms. The number of anilines is 1. The van der Waals surface area contributed by atoms with Crippen molar-refractivity contribution >= 4 is 27.5 Å². The van der Waals surface area contributed by atoms with Crippen molar-refractivity contribution in [3.8, 4) is 0 Å². The van der Waals surface area contributed by atoms with Crippen LogP contribution in [0.2, 0.25) is 0 Å². The number of carbonyl (C=O) groups is 1. The highest BCUT2D eigenvalue weighted by atomic mass is 79.9. The number of hydrogen-bond donors (Lipinski definition) is 2. The Balaban J connectivity index is 1.84. The number of benzene rings is 1. The Morgan fingerprint density at radius 3 is 3.05 bits per heavy atom. The molecule has 2 rings (SSSR count). The molecule has 2 N–H and O–H groups in total. The topological polar surface area (TPSA) is 53.6 Å². The van der Waals surface area contributed by atoms with Gasteiger partial charge in [-0.15, -0.1) is 0 Å². The third kappa shape index (κ3) is 5.07. The first kappa shape index (κ1) is 16.4. The number of carbonyl (C=O) groups excluding carboxylic acids is 1. The molecule has 1 aromatic carbocycles. The average Bonchev–Trinajstić information content (AvgIpc) is 2.43. The van der Waals surface area contributed by atoms with E-state index < -0.39 is 0 Å². The Labute approximate surface area is 134 Å². The number of nitrogens with zero attached hydrogens (tertiary/aromatic N) is 1. The second-order valence-electron chi connectivity index (χ2n) is 5.30. The number of nitrogens with one attached hydrogen (secondary N) is 2. The van der Waals surface area contributed by atoms with Gasteiger partial charge in [0.2, 0.25) is 5.91 Å². The predicted octanol–water partition coefficient (Wildman–Crippen LogP) is 1.62. The van der Waals surface area contributed by atoms with Gasteiger partial charge in [-0.2, -0.15) is 0 Å². The highest BCUT2D eigenvalue weighted by Crippen LogP contribution is 2.20. The summed E-state index contributed by atoms with van der Waals surface area (Å²) in [5.41, 5.74) is 1.94. The van der Waals surface area contributed by atoms with Gasteiger partial charge in [0.15, 0.2) is 0 Å². The van der Waals surface area contributed by atoms with Crippen LogP contribution in [0, 0.1) is 6.92 Å². The molecule has 1 fully saturated rings. The van der Waals surface area contributed by atoms with E-state index in [2.05, 4.69) is 31.5 Å². The van der Waals surface area contributed by atoms with Crippen LogP contribution in [-0.4, -0.2) is 56.7 Å². The van der Waals surface area contributed by atoms with Crippen LogP contribution in [0.1, 0.15) is 5.56 Å². The fourth-order valence-electron chi connectivity index (χ4n) is 2.40. The monoisotopic (exact) mass is 355 g/mol. The van der Waals surface area contributed by atoms with Crippen LogP contribution in [0.25, 0.3) is 0 Å². The Morgan fingerprint density at radius 1 is 1.52 bits per heavy atom. The second-order valence-corrected chi connectivity index (χ2v) is 6.15. The normalized spacial score (nSPS) is 19.5. The largest absolute Gasteiger partial charge is 0.374 e. The van der Waals surface area contributed by atoms with E-state index in [1.807, 2.05) is 32.2 Å². The Hall–Kier alpha value is -0.950. The molecule has 1 atom stereocenters. The van der Waals surface area contributed by atoms with Crippen LogP contribution < -0.4 is 10.6 Å². The minimum absolute atomic E-state index is 0.0156. The summed E-state index contributed by atoms with van der Waals surface area (Å²) in [4.78, 5) is 14.3. The third-order valence-electron chi connectivity index (χ3n) is 3.46. The number of aryl methyl sites for hydroxylation is 1. The summed E-state index contributed by atoms with van der Waals surface area (Å²) in [5.74, 6) is 0.0156. The summed E-state index contributed by atoms with van der Waals surface area (Å²) in [6.45, 7) is 5.48. The van der Waals surface area contributed by atoms with E-state index in [0.717, 1.165) is 35.4 Å². The van der Waals surface area contributed by atoms with Crippen LogP contribution in [0.4, 0.5) is 5.69 Å². The number of morpholine rings is 1. The molecule has 1 aliphatic heterocycles. The Kier molecular flexibility index (Phi) is 6.17. The molecule has 0 saturated carbocycles. The summed E-state index contributed by atoms with van der Waals surface area (Å²) in [5, 5.41) is 6.05. The summed E-state index contributed by atoms with van der Waals surface area (Å²) in [7, 11) is 1.91. The van der Waals surface area contributed by atoms with Crippen molar-refractivity contribution in [1.82, 2.24) is 10.2 Å². The van der Waals surface area contributed by atoms with Gasteiger partial charge in [-0.3, -0.25) is 9.69 Å². The number of ether oxygens (including phenoxy) is 1. The van der Waals surface area contributed by atoms with Crippen molar-refractivity contribution in [1.29, 1.82) is 0 Å². The second kappa shape index (κ2) is 7.89. The smallest absolute Gasteiger partial charge is 0.238 e. The lowest BCUT2D eigenvalue weighted by atomic mass is 10.2. The molecule has 1 aliphatic rings. The maximum Gasteiger partial charge on any atom is 0.238 e. The fourth-order valence-corrected chi connectivity index (χ4v) is 2.65.